The summed E-state index contributed by atoms with van der Waals surface area (Å²) in [5, 5.41) is 3.31. The molecule has 3 heteroatoms. The fourth-order valence-corrected chi connectivity index (χ4v) is 2.52. The summed E-state index contributed by atoms with van der Waals surface area (Å²) in [6.45, 7) is 1.58. The molecule has 0 fully saturated rings. The zero-order chi connectivity index (χ0) is 12.5. The van der Waals surface area contributed by atoms with Crippen LogP contribution in [0.4, 0.5) is 8.78 Å². The average Bonchev–Trinajstić information content (AvgIpc) is 2.41. The summed E-state index contributed by atoms with van der Waals surface area (Å²) in [6, 6.07) is 12.3. The van der Waals surface area contributed by atoms with Gasteiger partial charge in [0.05, 0.1) is 0 Å². The lowest BCUT2D eigenvalue weighted by Gasteiger charge is -2.26. The maximum absolute atomic E-state index is 13.3. The van der Waals surface area contributed by atoms with Crippen LogP contribution in [0.5, 0.6) is 0 Å². The molecule has 0 saturated carbocycles. The zero-order valence-corrected chi connectivity index (χ0v) is 9.79. The maximum Gasteiger partial charge on any atom is 0.159 e. The van der Waals surface area contributed by atoms with E-state index in [4.69, 9.17) is 0 Å². The van der Waals surface area contributed by atoms with E-state index in [0.717, 1.165) is 18.7 Å². The molecule has 0 saturated heterocycles. The van der Waals surface area contributed by atoms with E-state index in [2.05, 4.69) is 17.4 Å². The number of fused-ring (bicyclic) bond motifs is 1. The molecule has 18 heavy (non-hydrogen) atoms. The minimum Gasteiger partial charge on any atom is -0.312 e. The Bertz CT molecular complexity index is 580. The molecule has 0 bridgehead atoms. The number of halogens is 2. The molecule has 1 heterocycles. The Balaban J connectivity index is 2.05. The third-order valence-electron chi connectivity index (χ3n) is 3.44. The van der Waals surface area contributed by atoms with Crippen molar-refractivity contribution in [3.63, 3.8) is 0 Å². The van der Waals surface area contributed by atoms with Crippen molar-refractivity contribution >= 4 is 0 Å². The molecule has 0 aliphatic carbocycles. The normalized spacial score (nSPS) is 18.4. The summed E-state index contributed by atoms with van der Waals surface area (Å²) in [6.07, 6.45) is 0. The van der Waals surface area contributed by atoms with E-state index >= 15 is 0 Å². The van der Waals surface area contributed by atoms with Crippen LogP contribution in [0.3, 0.4) is 0 Å². The van der Waals surface area contributed by atoms with Gasteiger partial charge in [-0.05, 0) is 28.8 Å². The second-order valence-electron chi connectivity index (χ2n) is 4.56. The molecule has 1 nitrogen and oxygen atoms in total. The van der Waals surface area contributed by atoms with Crippen molar-refractivity contribution in [1.82, 2.24) is 5.32 Å². The molecule has 1 N–H and O–H groups in total. The van der Waals surface area contributed by atoms with Crippen LogP contribution < -0.4 is 5.32 Å². The lowest BCUT2D eigenvalue weighted by atomic mass is 9.85. The van der Waals surface area contributed by atoms with E-state index in [0.29, 0.717) is 0 Å². The van der Waals surface area contributed by atoms with Crippen molar-refractivity contribution in [2.75, 3.05) is 6.54 Å². The van der Waals surface area contributed by atoms with Crippen LogP contribution in [0.15, 0.2) is 42.5 Å². The van der Waals surface area contributed by atoms with Gasteiger partial charge in [-0.3, -0.25) is 0 Å². The van der Waals surface area contributed by atoms with Gasteiger partial charge in [-0.25, -0.2) is 8.78 Å². The summed E-state index contributed by atoms with van der Waals surface area (Å²) in [7, 11) is 0. The number of benzene rings is 2. The van der Waals surface area contributed by atoms with Gasteiger partial charge in [0.1, 0.15) is 0 Å². The molecule has 3 rings (SSSR count). The van der Waals surface area contributed by atoms with Gasteiger partial charge >= 0.3 is 0 Å². The highest BCUT2D eigenvalue weighted by molar-refractivity contribution is 5.40. The molecule has 1 atom stereocenters. The molecular formula is C15H13F2N. The van der Waals surface area contributed by atoms with E-state index < -0.39 is 11.6 Å². The molecule has 1 aliphatic heterocycles. The van der Waals surface area contributed by atoms with Crippen molar-refractivity contribution < 1.29 is 8.78 Å². The quantitative estimate of drug-likeness (QED) is 0.813. The first-order chi connectivity index (χ1) is 8.75. The lowest BCUT2D eigenvalue weighted by Crippen LogP contribution is -2.28. The Morgan fingerprint density at radius 1 is 1.00 bits per heavy atom. The predicted molar refractivity (Wildman–Crippen MR) is 66.3 cm³/mol. The first-order valence-electron chi connectivity index (χ1n) is 5.99. The van der Waals surface area contributed by atoms with Crippen LogP contribution in [0.2, 0.25) is 0 Å². The van der Waals surface area contributed by atoms with Gasteiger partial charge in [0.2, 0.25) is 0 Å². The van der Waals surface area contributed by atoms with Crippen LogP contribution in [0, 0.1) is 11.6 Å². The highest BCUT2D eigenvalue weighted by Gasteiger charge is 2.21. The van der Waals surface area contributed by atoms with Crippen molar-refractivity contribution in [3.05, 3.63) is 70.8 Å². The summed E-state index contributed by atoms with van der Waals surface area (Å²) in [5.74, 6) is -1.49. The van der Waals surface area contributed by atoms with Gasteiger partial charge < -0.3 is 5.32 Å². The standard InChI is InChI=1S/C15H13F2N/c16-14-6-5-10(7-15(14)17)13-9-18-8-11-3-1-2-4-12(11)13/h1-7,13,18H,8-9H2. The van der Waals surface area contributed by atoms with Gasteiger partial charge in [-0.1, -0.05) is 30.3 Å². The molecule has 1 aliphatic rings. The summed E-state index contributed by atoms with van der Waals surface area (Å²) in [5.41, 5.74) is 3.23. The van der Waals surface area contributed by atoms with Crippen LogP contribution in [-0.2, 0) is 6.54 Å². The summed E-state index contributed by atoms with van der Waals surface area (Å²) >= 11 is 0. The molecule has 2 aromatic rings. The van der Waals surface area contributed by atoms with Crippen molar-refractivity contribution in [1.29, 1.82) is 0 Å². The van der Waals surface area contributed by atoms with Gasteiger partial charge in [0.15, 0.2) is 11.6 Å². The largest absolute Gasteiger partial charge is 0.312 e. The van der Waals surface area contributed by atoms with E-state index in [1.807, 2.05) is 12.1 Å². The Morgan fingerprint density at radius 2 is 1.83 bits per heavy atom. The van der Waals surface area contributed by atoms with Crippen LogP contribution in [0.25, 0.3) is 0 Å². The van der Waals surface area contributed by atoms with Gasteiger partial charge in [0.25, 0.3) is 0 Å². The fraction of sp³-hybridized carbons (Fsp3) is 0.200. The molecule has 0 radical (unpaired) electrons. The number of hydrogen-bond donors (Lipinski definition) is 1. The van der Waals surface area contributed by atoms with Crippen LogP contribution >= 0.6 is 0 Å². The molecule has 0 aromatic heterocycles. The van der Waals surface area contributed by atoms with Crippen LogP contribution in [-0.4, -0.2) is 6.54 Å². The smallest absolute Gasteiger partial charge is 0.159 e. The Kier molecular flexibility index (Phi) is 2.84. The molecule has 92 valence electrons. The first-order valence-corrected chi connectivity index (χ1v) is 5.99. The Hall–Kier alpha value is -1.74. The minimum atomic E-state index is -0.796. The summed E-state index contributed by atoms with van der Waals surface area (Å²) < 4.78 is 26.3. The fourth-order valence-electron chi connectivity index (χ4n) is 2.52. The lowest BCUT2D eigenvalue weighted by molar-refractivity contribution is 0.504. The van der Waals surface area contributed by atoms with Gasteiger partial charge in [-0.2, -0.15) is 0 Å². The molecule has 2 aromatic carbocycles. The third-order valence-corrected chi connectivity index (χ3v) is 3.44. The number of rotatable bonds is 1. The average molecular weight is 245 g/mol. The number of hydrogen-bond acceptors (Lipinski definition) is 1. The molecule has 0 spiro atoms. The van der Waals surface area contributed by atoms with E-state index in [1.165, 1.54) is 23.3 Å². The zero-order valence-electron chi connectivity index (χ0n) is 9.79. The minimum absolute atomic E-state index is 0.0880. The van der Waals surface area contributed by atoms with Gasteiger partial charge in [0, 0.05) is 19.0 Å². The van der Waals surface area contributed by atoms with Crippen molar-refractivity contribution in [3.8, 4) is 0 Å². The summed E-state index contributed by atoms with van der Waals surface area (Å²) in [4.78, 5) is 0. The maximum atomic E-state index is 13.3. The first kappa shape index (κ1) is 11.4. The predicted octanol–water partition coefficient (Wildman–Crippen LogP) is 3.20. The Labute approximate surface area is 104 Å². The highest BCUT2D eigenvalue weighted by atomic mass is 19.2. The van der Waals surface area contributed by atoms with Crippen molar-refractivity contribution in [2.24, 2.45) is 0 Å². The van der Waals surface area contributed by atoms with Crippen molar-refractivity contribution in [2.45, 2.75) is 12.5 Å². The third kappa shape index (κ3) is 1.91. The second-order valence-corrected chi connectivity index (χ2v) is 4.56. The molecule has 0 amide bonds. The van der Waals surface area contributed by atoms with E-state index in [9.17, 15) is 8.78 Å². The van der Waals surface area contributed by atoms with E-state index in [-0.39, 0.29) is 5.92 Å². The molecule has 1 unspecified atom stereocenters. The van der Waals surface area contributed by atoms with E-state index in [1.54, 1.807) is 6.07 Å². The Morgan fingerprint density at radius 3 is 2.67 bits per heavy atom. The highest BCUT2D eigenvalue weighted by Crippen LogP contribution is 2.30. The van der Waals surface area contributed by atoms with Gasteiger partial charge in [-0.15, -0.1) is 0 Å². The van der Waals surface area contributed by atoms with Crippen LogP contribution in [0.1, 0.15) is 22.6 Å². The monoisotopic (exact) mass is 245 g/mol. The second kappa shape index (κ2) is 4.50. The SMILES string of the molecule is Fc1ccc(C2CNCc3ccccc32)cc1F. The molecular weight excluding hydrogens is 232 g/mol. The number of nitrogens with one attached hydrogen (secondary N) is 1. The topological polar surface area (TPSA) is 12.0 Å².